The van der Waals surface area contributed by atoms with E-state index in [1.54, 1.807) is 17.5 Å². The van der Waals surface area contributed by atoms with Gasteiger partial charge in [0.1, 0.15) is 11.4 Å². The van der Waals surface area contributed by atoms with Gasteiger partial charge in [-0.25, -0.2) is 15.0 Å². The Bertz CT molecular complexity index is 1020. The minimum atomic E-state index is 0.691. The van der Waals surface area contributed by atoms with Gasteiger partial charge < -0.3 is 10.2 Å². The number of anilines is 3. The van der Waals surface area contributed by atoms with E-state index >= 15 is 0 Å². The molecule has 0 saturated carbocycles. The van der Waals surface area contributed by atoms with Gasteiger partial charge in [-0.15, -0.1) is 11.3 Å². The van der Waals surface area contributed by atoms with Crippen molar-refractivity contribution in [3.8, 4) is 11.4 Å². The summed E-state index contributed by atoms with van der Waals surface area (Å²) in [6.45, 7) is 2.03. The monoisotopic (exact) mass is 350 g/mol. The number of thiazole rings is 1. The van der Waals surface area contributed by atoms with Crippen LogP contribution in [0, 0.1) is 6.92 Å². The molecule has 0 radical (unpaired) electrons. The van der Waals surface area contributed by atoms with Crippen LogP contribution in [0.1, 0.15) is 5.69 Å². The van der Waals surface area contributed by atoms with E-state index in [4.69, 9.17) is 0 Å². The van der Waals surface area contributed by atoms with Gasteiger partial charge in [0.15, 0.2) is 5.13 Å². The molecule has 0 unspecified atom stereocenters. The van der Waals surface area contributed by atoms with Crippen molar-refractivity contribution in [2.24, 2.45) is 0 Å². The molecule has 0 spiro atoms. The SMILES string of the molecule is Cc1c(-c2csc(Nc3ccc(N(C)C)cc3)n2)nc2ncccn12. The molecule has 6 nitrogen and oxygen atoms in total. The molecule has 4 rings (SSSR count). The molecule has 3 aromatic heterocycles. The second kappa shape index (κ2) is 6.18. The van der Waals surface area contributed by atoms with E-state index in [2.05, 4.69) is 49.4 Å². The molecule has 0 amide bonds. The van der Waals surface area contributed by atoms with Gasteiger partial charge in [0.05, 0.1) is 5.69 Å². The lowest BCUT2D eigenvalue weighted by Crippen LogP contribution is -2.08. The molecule has 3 heterocycles. The summed E-state index contributed by atoms with van der Waals surface area (Å²) >= 11 is 1.57. The topological polar surface area (TPSA) is 58.3 Å². The van der Waals surface area contributed by atoms with Gasteiger partial charge in [0, 0.05) is 43.2 Å². The number of imidazole rings is 1. The Hall–Kier alpha value is -2.93. The quantitative estimate of drug-likeness (QED) is 0.603. The molecule has 0 aliphatic heterocycles. The van der Waals surface area contributed by atoms with Crippen molar-refractivity contribution < 1.29 is 0 Å². The van der Waals surface area contributed by atoms with Crippen LogP contribution in [0.4, 0.5) is 16.5 Å². The lowest BCUT2D eigenvalue weighted by molar-refractivity contribution is 1.06. The molecule has 0 aliphatic carbocycles. The van der Waals surface area contributed by atoms with Crippen molar-refractivity contribution in [3.63, 3.8) is 0 Å². The zero-order chi connectivity index (χ0) is 17.4. The van der Waals surface area contributed by atoms with Gasteiger partial charge >= 0.3 is 0 Å². The van der Waals surface area contributed by atoms with Crippen molar-refractivity contribution in [1.29, 1.82) is 0 Å². The maximum Gasteiger partial charge on any atom is 0.234 e. The number of fused-ring (bicyclic) bond motifs is 1. The van der Waals surface area contributed by atoms with Crippen LogP contribution in [0.5, 0.6) is 0 Å². The van der Waals surface area contributed by atoms with Crippen molar-refractivity contribution in [3.05, 3.63) is 53.8 Å². The smallest absolute Gasteiger partial charge is 0.234 e. The highest BCUT2D eigenvalue weighted by atomic mass is 32.1. The number of rotatable bonds is 4. The summed E-state index contributed by atoms with van der Waals surface area (Å²) < 4.78 is 1.97. The summed E-state index contributed by atoms with van der Waals surface area (Å²) in [6.07, 6.45) is 3.71. The number of nitrogens with one attached hydrogen (secondary N) is 1. The Morgan fingerprint density at radius 1 is 1.12 bits per heavy atom. The Morgan fingerprint density at radius 3 is 2.64 bits per heavy atom. The number of hydrogen-bond donors (Lipinski definition) is 1. The third-order valence-corrected chi connectivity index (χ3v) is 4.78. The highest BCUT2D eigenvalue weighted by Gasteiger charge is 2.14. The lowest BCUT2D eigenvalue weighted by atomic mass is 10.2. The van der Waals surface area contributed by atoms with Gasteiger partial charge in [-0.2, -0.15) is 0 Å². The number of nitrogens with zero attached hydrogens (tertiary/aromatic N) is 5. The standard InChI is InChI=1S/C18H18N6S/c1-12-16(22-17-19-9-4-10-24(12)17)15-11-25-18(21-15)20-13-5-7-14(8-6-13)23(2)3/h4-11H,1-3H3,(H,20,21). The fourth-order valence-electron chi connectivity index (χ4n) is 2.65. The summed E-state index contributed by atoms with van der Waals surface area (Å²) in [4.78, 5) is 15.6. The predicted octanol–water partition coefficient (Wildman–Crippen LogP) is 3.97. The molecule has 0 fully saturated rings. The fraction of sp³-hybridized carbons (Fsp3) is 0.167. The molecule has 1 aromatic carbocycles. The average molecular weight is 350 g/mol. The van der Waals surface area contributed by atoms with Crippen LogP contribution in [0.3, 0.4) is 0 Å². The molecule has 7 heteroatoms. The minimum absolute atomic E-state index is 0.691. The Labute approximate surface area is 149 Å². The first kappa shape index (κ1) is 15.6. The Morgan fingerprint density at radius 2 is 1.92 bits per heavy atom. The molecule has 0 saturated heterocycles. The summed E-state index contributed by atoms with van der Waals surface area (Å²) in [5, 5.41) is 6.22. The molecule has 0 bridgehead atoms. The Kier molecular flexibility index (Phi) is 3.85. The van der Waals surface area contributed by atoms with Gasteiger partial charge in [-0.1, -0.05) is 0 Å². The molecule has 0 aliphatic rings. The summed E-state index contributed by atoms with van der Waals surface area (Å²) in [7, 11) is 4.06. The van der Waals surface area contributed by atoms with Gasteiger partial charge in [-0.3, -0.25) is 4.40 Å². The van der Waals surface area contributed by atoms with E-state index in [9.17, 15) is 0 Å². The molecule has 1 N–H and O–H groups in total. The minimum Gasteiger partial charge on any atom is -0.378 e. The predicted molar refractivity (Wildman–Crippen MR) is 103 cm³/mol. The van der Waals surface area contributed by atoms with Crippen molar-refractivity contribution in [1.82, 2.24) is 19.4 Å². The average Bonchev–Trinajstić information content (AvgIpc) is 3.20. The van der Waals surface area contributed by atoms with Crippen molar-refractivity contribution in [2.75, 3.05) is 24.3 Å². The van der Waals surface area contributed by atoms with E-state index in [1.807, 2.05) is 43.1 Å². The number of hydrogen-bond acceptors (Lipinski definition) is 6. The van der Waals surface area contributed by atoms with Crippen LogP contribution in [-0.4, -0.2) is 33.4 Å². The third kappa shape index (κ3) is 2.94. The fourth-order valence-corrected chi connectivity index (χ4v) is 3.37. The van der Waals surface area contributed by atoms with E-state index in [-0.39, 0.29) is 0 Å². The van der Waals surface area contributed by atoms with Crippen LogP contribution in [0.25, 0.3) is 17.2 Å². The highest BCUT2D eigenvalue weighted by molar-refractivity contribution is 7.14. The largest absolute Gasteiger partial charge is 0.378 e. The van der Waals surface area contributed by atoms with Crippen molar-refractivity contribution in [2.45, 2.75) is 6.92 Å². The van der Waals surface area contributed by atoms with Crippen LogP contribution < -0.4 is 10.2 Å². The summed E-state index contributed by atoms with van der Waals surface area (Å²) in [6, 6.07) is 10.2. The number of aryl methyl sites for hydroxylation is 1. The second-order valence-electron chi connectivity index (χ2n) is 5.94. The first-order valence-electron chi connectivity index (χ1n) is 7.92. The molecule has 126 valence electrons. The molecule has 4 aromatic rings. The van der Waals surface area contributed by atoms with Gasteiger partial charge in [0.2, 0.25) is 5.78 Å². The molecule has 0 atom stereocenters. The maximum atomic E-state index is 4.68. The zero-order valence-electron chi connectivity index (χ0n) is 14.3. The van der Waals surface area contributed by atoms with Crippen molar-refractivity contribution >= 4 is 33.6 Å². The van der Waals surface area contributed by atoms with E-state index in [0.717, 1.165) is 27.9 Å². The Balaban J connectivity index is 1.60. The van der Waals surface area contributed by atoms with E-state index in [0.29, 0.717) is 5.78 Å². The molecule has 25 heavy (non-hydrogen) atoms. The van der Waals surface area contributed by atoms with Gasteiger partial charge in [-0.05, 0) is 37.3 Å². The number of aromatic nitrogens is 4. The van der Waals surface area contributed by atoms with Crippen LogP contribution >= 0.6 is 11.3 Å². The number of benzene rings is 1. The summed E-state index contributed by atoms with van der Waals surface area (Å²) in [5.74, 6) is 0.691. The summed E-state index contributed by atoms with van der Waals surface area (Å²) in [5.41, 5.74) is 4.94. The first-order valence-corrected chi connectivity index (χ1v) is 8.80. The lowest BCUT2D eigenvalue weighted by Gasteiger charge is -2.12. The van der Waals surface area contributed by atoms with Crippen LogP contribution in [0.15, 0.2) is 48.1 Å². The third-order valence-electron chi connectivity index (χ3n) is 4.02. The first-order chi connectivity index (χ1) is 12.1. The second-order valence-corrected chi connectivity index (χ2v) is 6.80. The van der Waals surface area contributed by atoms with E-state index in [1.165, 1.54) is 5.69 Å². The van der Waals surface area contributed by atoms with E-state index < -0.39 is 0 Å². The molecular formula is C18H18N6S. The highest BCUT2D eigenvalue weighted by Crippen LogP contribution is 2.29. The van der Waals surface area contributed by atoms with Gasteiger partial charge in [0.25, 0.3) is 0 Å². The zero-order valence-corrected chi connectivity index (χ0v) is 15.1. The maximum absolute atomic E-state index is 4.68. The normalized spacial score (nSPS) is 11.0. The molecular weight excluding hydrogens is 332 g/mol. The van der Waals surface area contributed by atoms with Crippen LogP contribution in [-0.2, 0) is 0 Å². The van der Waals surface area contributed by atoms with Crippen LogP contribution in [0.2, 0.25) is 0 Å².